The molecule has 4 aromatic heterocycles. The molecule has 6 heteroatoms. The van der Waals surface area contributed by atoms with Crippen molar-refractivity contribution >= 4 is 65.4 Å². The summed E-state index contributed by atoms with van der Waals surface area (Å²) in [5, 5.41) is 7.17. The van der Waals surface area contributed by atoms with Crippen LogP contribution in [-0.4, -0.2) is 28.7 Å². The van der Waals surface area contributed by atoms with Gasteiger partial charge in [-0.3, -0.25) is 0 Å². The summed E-state index contributed by atoms with van der Waals surface area (Å²) in [7, 11) is 0. The molecule has 0 unspecified atom stereocenters. The second-order valence-electron chi connectivity index (χ2n) is 17.6. The lowest BCUT2D eigenvalue weighted by atomic mass is 10.0. The molecule has 4 heterocycles. The monoisotopic (exact) mass is 880 g/mol. The van der Waals surface area contributed by atoms with Crippen LogP contribution in [0.3, 0.4) is 0 Å². The Morgan fingerprint density at radius 1 is 0.246 bits per heavy atom. The number of aromatic nitrogens is 6. The van der Waals surface area contributed by atoms with E-state index in [2.05, 4.69) is 250 Å². The zero-order chi connectivity index (χ0) is 45.4. The van der Waals surface area contributed by atoms with E-state index in [4.69, 9.17) is 15.0 Å². The van der Waals surface area contributed by atoms with Crippen molar-refractivity contribution in [1.29, 1.82) is 0 Å². The number of fused-ring (bicyclic) bond motifs is 10. The lowest BCUT2D eigenvalue weighted by molar-refractivity contribution is 1.06. The Hall–Kier alpha value is -9.39. The van der Waals surface area contributed by atoms with Crippen LogP contribution in [0.1, 0.15) is 0 Å². The SMILES string of the molecule is c1ccc(-c2ccc(-c3nc(-c4cccc(-n5c6ccccc6c6ccccc65)c4)nc(-c4ccccc4-n4c5ccccc5c5ccc6c7ccccc7n(-c7ccccc7)c6c54)n3)cc2)cc1. The zero-order valence-electron chi connectivity index (χ0n) is 37.3. The van der Waals surface area contributed by atoms with Crippen LogP contribution in [-0.2, 0) is 0 Å². The van der Waals surface area contributed by atoms with E-state index in [-0.39, 0.29) is 0 Å². The molecule has 0 aliphatic heterocycles. The molecule has 0 N–H and O–H groups in total. The molecule has 69 heavy (non-hydrogen) atoms. The van der Waals surface area contributed by atoms with Gasteiger partial charge >= 0.3 is 0 Å². The molecule has 10 aromatic carbocycles. The lowest BCUT2D eigenvalue weighted by Gasteiger charge is -2.16. The molecule has 0 radical (unpaired) electrons. The molecule has 6 nitrogen and oxygen atoms in total. The Morgan fingerprint density at radius 2 is 0.667 bits per heavy atom. The van der Waals surface area contributed by atoms with Gasteiger partial charge in [0.25, 0.3) is 0 Å². The topological polar surface area (TPSA) is 53.5 Å². The lowest BCUT2D eigenvalue weighted by Crippen LogP contribution is -2.04. The zero-order valence-corrected chi connectivity index (χ0v) is 37.3. The smallest absolute Gasteiger partial charge is 0.166 e. The van der Waals surface area contributed by atoms with E-state index in [1.54, 1.807) is 0 Å². The van der Waals surface area contributed by atoms with E-state index in [1.807, 2.05) is 6.07 Å². The minimum Gasteiger partial charge on any atom is -0.309 e. The molecule has 0 bridgehead atoms. The Balaban J connectivity index is 1.02. The Kier molecular flexibility index (Phi) is 8.79. The van der Waals surface area contributed by atoms with Crippen LogP contribution >= 0.6 is 0 Å². The van der Waals surface area contributed by atoms with Crippen molar-refractivity contribution in [3.8, 4) is 62.4 Å². The standard InChI is InChI=1S/C63H40N6/c1-3-18-41(19-4-1)42-34-36-43(37-35-42)61-64-62(44-20-17-23-46(40-44)67-54-29-12-7-24-47(54)48-25-8-13-30-55(48)67)66-63(65-61)53-28-11-16-33-58(53)69-57-32-15-10-27-50(57)52-39-38-51-49-26-9-14-31-56(49)68(59(51)60(52)69)45-21-5-2-6-22-45/h1-40H. The number of hydrogen-bond acceptors (Lipinski definition) is 3. The fourth-order valence-corrected chi connectivity index (χ4v) is 10.6. The van der Waals surface area contributed by atoms with E-state index < -0.39 is 0 Å². The quantitative estimate of drug-likeness (QED) is 0.160. The number of rotatable bonds is 7. The van der Waals surface area contributed by atoms with E-state index >= 15 is 0 Å². The molecule has 0 fully saturated rings. The summed E-state index contributed by atoms with van der Waals surface area (Å²) in [5.74, 6) is 1.77. The van der Waals surface area contributed by atoms with Gasteiger partial charge in [-0.2, -0.15) is 0 Å². The minimum absolute atomic E-state index is 0.585. The van der Waals surface area contributed by atoms with Crippen molar-refractivity contribution in [3.05, 3.63) is 243 Å². The number of benzene rings is 10. The van der Waals surface area contributed by atoms with Gasteiger partial charge in [0.2, 0.25) is 0 Å². The fraction of sp³-hybridized carbons (Fsp3) is 0. The van der Waals surface area contributed by atoms with Crippen LogP contribution < -0.4 is 0 Å². The molecule has 0 amide bonds. The summed E-state index contributed by atoms with van der Waals surface area (Å²) >= 11 is 0. The van der Waals surface area contributed by atoms with Crippen molar-refractivity contribution in [2.24, 2.45) is 0 Å². The third kappa shape index (κ3) is 6.16. The highest BCUT2D eigenvalue weighted by atomic mass is 15.1. The van der Waals surface area contributed by atoms with E-state index in [0.29, 0.717) is 17.5 Å². The minimum atomic E-state index is 0.585. The van der Waals surface area contributed by atoms with Crippen LogP contribution in [0, 0.1) is 0 Å². The molecule has 0 saturated carbocycles. The van der Waals surface area contributed by atoms with Gasteiger partial charge in [0.05, 0.1) is 38.8 Å². The highest BCUT2D eigenvalue weighted by Gasteiger charge is 2.24. The summed E-state index contributed by atoms with van der Waals surface area (Å²) in [6.07, 6.45) is 0. The van der Waals surface area contributed by atoms with E-state index in [0.717, 1.165) is 78.0 Å². The molecule has 14 aromatic rings. The molecule has 0 aliphatic carbocycles. The largest absolute Gasteiger partial charge is 0.309 e. The van der Waals surface area contributed by atoms with Gasteiger partial charge in [0.15, 0.2) is 17.5 Å². The predicted molar refractivity (Wildman–Crippen MR) is 285 cm³/mol. The maximum Gasteiger partial charge on any atom is 0.166 e. The van der Waals surface area contributed by atoms with Crippen LogP contribution in [0.4, 0.5) is 0 Å². The first-order valence-corrected chi connectivity index (χ1v) is 23.4. The summed E-state index contributed by atoms with van der Waals surface area (Å²) < 4.78 is 7.20. The number of hydrogen-bond donors (Lipinski definition) is 0. The average Bonchev–Trinajstić information content (AvgIpc) is 4.07. The highest BCUT2D eigenvalue weighted by Crippen LogP contribution is 2.43. The first-order chi connectivity index (χ1) is 34.2. The maximum absolute atomic E-state index is 5.45. The van der Waals surface area contributed by atoms with E-state index in [1.165, 1.54) is 32.3 Å². The first-order valence-electron chi connectivity index (χ1n) is 23.4. The third-order valence-corrected chi connectivity index (χ3v) is 13.7. The van der Waals surface area contributed by atoms with Gasteiger partial charge in [-0.15, -0.1) is 0 Å². The summed E-state index contributed by atoms with van der Waals surface area (Å²) in [6, 6.07) is 86.1. The highest BCUT2D eigenvalue weighted by molar-refractivity contribution is 6.24. The maximum atomic E-state index is 5.45. The number of nitrogens with zero attached hydrogens (tertiary/aromatic N) is 6. The van der Waals surface area contributed by atoms with Gasteiger partial charge in [-0.05, 0) is 71.8 Å². The van der Waals surface area contributed by atoms with Crippen LogP contribution in [0.15, 0.2) is 243 Å². The van der Waals surface area contributed by atoms with Gasteiger partial charge in [-0.25, -0.2) is 15.0 Å². The van der Waals surface area contributed by atoms with Crippen LogP contribution in [0.25, 0.3) is 128 Å². The summed E-state index contributed by atoms with van der Waals surface area (Å²) in [5.41, 5.74) is 14.9. The van der Waals surface area contributed by atoms with Gasteiger partial charge in [0.1, 0.15) is 0 Å². The summed E-state index contributed by atoms with van der Waals surface area (Å²) in [6.45, 7) is 0. The predicted octanol–water partition coefficient (Wildman–Crippen LogP) is 15.8. The van der Waals surface area contributed by atoms with Gasteiger partial charge in [0, 0.05) is 60.4 Å². The van der Waals surface area contributed by atoms with Crippen molar-refractivity contribution in [1.82, 2.24) is 28.7 Å². The van der Waals surface area contributed by atoms with Gasteiger partial charge in [-0.1, -0.05) is 182 Å². The molecular weight excluding hydrogens is 841 g/mol. The molecule has 0 saturated heterocycles. The molecule has 0 aliphatic rings. The van der Waals surface area contributed by atoms with Crippen molar-refractivity contribution < 1.29 is 0 Å². The van der Waals surface area contributed by atoms with Crippen molar-refractivity contribution in [2.45, 2.75) is 0 Å². The molecule has 0 atom stereocenters. The Bertz CT molecular complexity index is 4240. The van der Waals surface area contributed by atoms with Crippen LogP contribution in [0.5, 0.6) is 0 Å². The second-order valence-corrected chi connectivity index (χ2v) is 17.6. The van der Waals surface area contributed by atoms with Crippen molar-refractivity contribution in [2.75, 3.05) is 0 Å². The first kappa shape index (κ1) is 38.8. The molecule has 322 valence electrons. The van der Waals surface area contributed by atoms with Crippen molar-refractivity contribution in [3.63, 3.8) is 0 Å². The third-order valence-electron chi connectivity index (χ3n) is 13.7. The normalized spacial score (nSPS) is 11.8. The number of para-hydroxylation sites is 6. The molecule has 14 rings (SSSR count). The molecule has 0 spiro atoms. The Morgan fingerprint density at radius 3 is 1.30 bits per heavy atom. The van der Waals surface area contributed by atoms with Gasteiger partial charge < -0.3 is 13.7 Å². The summed E-state index contributed by atoms with van der Waals surface area (Å²) in [4.78, 5) is 16.2. The van der Waals surface area contributed by atoms with E-state index in [9.17, 15) is 0 Å². The van der Waals surface area contributed by atoms with Crippen LogP contribution in [0.2, 0.25) is 0 Å². The fourth-order valence-electron chi connectivity index (χ4n) is 10.6. The average molecular weight is 881 g/mol. The Labute approximate surface area is 397 Å². The second kappa shape index (κ2) is 15.6. The molecular formula is C63H40N6.